The number of hydrogen-bond donors (Lipinski definition) is 1. The minimum Gasteiger partial charge on any atom is -0.452 e. The van der Waals surface area contributed by atoms with Crippen LogP contribution < -0.4 is 5.32 Å². The number of ether oxygens (including phenoxy) is 1. The Labute approximate surface area is 199 Å². The Kier molecular flexibility index (Phi) is 7.21. The highest BCUT2D eigenvalue weighted by molar-refractivity contribution is 7.89. The number of esters is 1. The zero-order valence-corrected chi connectivity index (χ0v) is 20.7. The number of aryl methyl sites for hydroxylation is 1. The minimum atomic E-state index is -3.62. The third-order valence-corrected chi connectivity index (χ3v) is 9.45. The molecule has 1 aromatic carbocycles. The number of sulfonamides is 1. The third kappa shape index (κ3) is 5.31. The molecule has 33 heavy (non-hydrogen) atoms. The molecule has 4 rings (SSSR count). The number of anilines is 1. The summed E-state index contributed by atoms with van der Waals surface area (Å²) in [5.74, 6) is -0.385. The molecular formula is C24H30N2O5S2. The van der Waals surface area contributed by atoms with E-state index in [1.807, 2.05) is 5.38 Å². The lowest BCUT2D eigenvalue weighted by atomic mass is 9.88. The lowest BCUT2D eigenvalue weighted by Crippen LogP contribution is -2.36. The van der Waals surface area contributed by atoms with Crippen LogP contribution in [-0.4, -0.2) is 44.3 Å². The van der Waals surface area contributed by atoms with E-state index in [-0.39, 0.29) is 4.90 Å². The molecule has 1 saturated heterocycles. The number of hydrogen-bond acceptors (Lipinski definition) is 6. The lowest BCUT2D eigenvalue weighted by Gasteiger charge is -2.26. The van der Waals surface area contributed by atoms with Crippen LogP contribution in [0.15, 0.2) is 28.5 Å². The van der Waals surface area contributed by atoms with Crippen LogP contribution in [0.5, 0.6) is 0 Å². The molecule has 0 radical (unpaired) electrons. The molecule has 1 aliphatic carbocycles. The van der Waals surface area contributed by atoms with E-state index >= 15 is 0 Å². The van der Waals surface area contributed by atoms with E-state index in [9.17, 15) is 18.0 Å². The van der Waals surface area contributed by atoms with Gasteiger partial charge in [0.05, 0.1) is 10.5 Å². The molecular weight excluding hydrogens is 460 g/mol. The van der Waals surface area contributed by atoms with Crippen molar-refractivity contribution in [1.29, 1.82) is 0 Å². The van der Waals surface area contributed by atoms with Gasteiger partial charge in [0.2, 0.25) is 10.0 Å². The van der Waals surface area contributed by atoms with Gasteiger partial charge in [-0.05, 0) is 68.2 Å². The molecule has 1 aliphatic heterocycles. The highest BCUT2D eigenvalue weighted by Crippen LogP contribution is 2.33. The molecule has 9 heteroatoms. The number of carbonyl (C=O) groups excluding carboxylic acids is 2. The zero-order chi connectivity index (χ0) is 23.6. The smallest absolute Gasteiger partial charge is 0.339 e. The van der Waals surface area contributed by atoms with E-state index < -0.39 is 28.5 Å². The summed E-state index contributed by atoms with van der Waals surface area (Å²) in [7, 11) is -3.62. The summed E-state index contributed by atoms with van der Waals surface area (Å²) >= 11 is 1.58. The van der Waals surface area contributed by atoms with Gasteiger partial charge in [0, 0.05) is 29.0 Å². The van der Waals surface area contributed by atoms with E-state index in [0.29, 0.717) is 35.8 Å². The van der Waals surface area contributed by atoms with Crippen LogP contribution in [0.1, 0.15) is 59.0 Å². The van der Waals surface area contributed by atoms with E-state index in [2.05, 4.69) is 12.2 Å². The maximum atomic E-state index is 13.1. The van der Waals surface area contributed by atoms with Crippen LogP contribution in [-0.2, 0) is 32.4 Å². The van der Waals surface area contributed by atoms with E-state index in [1.54, 1.807) is 30.4 Å². The second-order valence-corrected chi connectivity index (χ2v) is 11.8. The Bertz CT molecular complexity index is 1150. The average molecular weight is 491 g/mol. The summed E-state index contributed by atoms with van der Waals surface area (Å²) in [6, 6.07) is 4.81. The maximum absolute atomic E-state index is 13.1. The van der Waals surface area contributed by atoms with Gasteiger partial charge >= 0.3 is 5.97 Å². The normalized spacial score (nSPS) is 19.0. The number of rotatable bonds is 6. The first-order valence-corrected chi connectivity index (χ1v) is 13.7. The summed E-state index contributed by atoms with van der Waals surface area (Å²) in [6.07, 6.45) is 5.62. The molecule has 0 bridgehead atoms. The number of nitrogens with one attached hydrogen (secondary N) is 1. The number of nitrogens with zero attached hydrogens (tertiary/aromatic N) is 1. The Morgan fingerprint density at radius 1 is 1.21 bits per heavy atom. The van der Waals surface area contributed by atoms with Gasteiger partial charge in [-0.2, -0.15) is 4.31 Å². The minimum absolute atomic E-state index is 0.193. The second-order valence-electron chi connectivity index (χ2n) is 8.97. The Hall–Kier alpha value is -2.23. The molecule has 1 fully saturated rings. The Balaban J connectivity index is 1.39. The van der Waals surface area contributed by atoms with Crippen molar-refractivity contribution in [3.63, 3.8) is 0 Å². The molecule has 1 amide bonds. The van der Waals surface area contributed by atoms with Crippen LogP contribution in [0.25, 0.3) is 0 Å². The van der Waals surface area contributed by atoms with E-state index in [0.717, 1.165) is 44.1 Å². The molecule has 178 valence electrons. The number of amides is 1. The fourth-order valence-electron chi connectivity index (χ4n) is 4.45. The third-order valence-electron chi connectivity index (χ3n) is 6.36. The number of thiophene rings is 1. The lowest BCUT2D eigenvalue weighted by molar-refractivity contribution is -0.119. The SMILES string of the molecule is Cc1ccc(NC(=O)COC(=O)c2csc3c2CC[C@H](C)C3)cc1S(=O)(=O)N1CCCCC1. The first kappa shape index (κ1) is 23.9. The maximum Gasteiger partial charge on any atom is 0.339 e. The van der Waals surface area contributed by atoms with Gasteiger partial charge in [-0.25, -0.2) is 13.2 Å². The molecule has 1 aromatic heterocycles. The molecule has 1 N–H and O–H groups in total. The van der Waals surface area contributed by atoms with Gasteiger partial charge in [-0.1, -0.05) is 19.4 Å². The predicted octanol–water partition coefficient (Wildman–Crippen LogP) is 4.15. The van der Waals surface area contributed by atoms with Crippen LogP contribution in [0.3, 0.4) is 0 Å². The standard InChI is InChI=1S/C24H30N2O5S2/c1-16-6-9-19-20(15-32-21(19)12-16)24(28)31-14-23(27)25-18-8-7-17(2)22(13-18)33(29,30)26-10-4-3-5-11-26/h7-8,13,15-16H,3-6,9-12,14H2,1-2H3,(H,25,27)/t16-/m0/s1. The fraction of sp³-hybridized carbons (Fsp3) is 0.500. The summed E-state index contributed by atoms with van der Waals surface area (Å²) in [6.45, 7) is 4.55. The molecule has 0 unspecified atom stereocenters. The van der Waals surface area contributed by atoms with Gasteiger partial charge in [0.25, 0.3) is 5.91 Å². The quantitative estimate of drug-likeness (QED) is 0.614. The van der Waals surface area contributed by atoms with Crippen molar-refractivity contribution in [3.8, 4) is 0 Å². The van der Waals surface area contributed by atoms with Gasteiger partial charge in [-0.15, -0.1) is 11.3 Å². The van der Waals surface area contributed by atoms with E-state index in [4.69, 9.17) is 4.74 Å². The first-order chi connectivity index (χ1) is 15.8. The van der Waals surface area contributed by atoms with Crippen molar-refractivity contribution >= 4 is 38.9 Å². The Morgan fingerprint density at radius 3 is 2.73 bits per heavy atom. The van der Waals surface area contributed by atoms with Crippen molar-refractivity contribution in [1.82, 2.24) is 4.31 Å². The van der Waals surface area contributed by atoms with Crippen LogP contribution in [0.2, 0.25) is 0 Å². The molecule has 7 nitrogen and oxygen atoms in total. The molecule has 2 aromatic rings. The van der Waals surface area contributed by atoms with Gasteiger partial charge < -0.3 is 10.1 Å². The van der Waals surface area contributed by atoms with Crippen molar-refractivity contribution in [2.24, 2.45) is 5.92 Å². The zero-order valence-electron chi connectivity index (χ0n) is 19.1. The van der Waals surface area contributed by atoms with Crippen molar-refractivity contribution in [2.75, 3.05) is 25.0 Å². The molecule has 0 saturated carbocycles. The van der Waals surface area contributed by atoms with Crippen molar-refractivity contribution in [2.45, 2.75) is 57.3 Å². The topological polar surface area (TPSA) is 92.8 Å². The summed E-state index contributed by atoms with van der Waals surface area (Å²) in [5, 5.41) is 4.48. The molecule has 2 aliphatic rings. The number of fused-ring (bicyclic) bond motifs is 1. The van der Waals surface area contributed by atoms with Crippen LogP contribution >= 0.6 is 11.3 Å². The van der Waals surface area contributed by atoms with Crippen molar-refractivity contribution < 1.29 is 22.7 Å². The summed E-state index contributed by atoms with van der Waals surface area (Å²) in [4.78, 5) is 26.4. The highest BCUT2D eigenvalue weighted by atomic mass is 32.2. The second kappa shape index (κ2) is 9.95. The largest absolute Gasteiger partial charge is 0.452 e. The van der Waals surface area contributed by atoms with Crippen molar-refractivity contribution in [3.05, 3.63) is 45.1 Å². The average Bonchev–Trinajstić information content (AvgIpc) is 3.22. The van der Waals surface area contributed by atoms with Gasteiger partial charge in [-0.3, -0.25) is 4.79 Å². The van der Waals surface area contributed by atoms with Crippen LogP contribution in [0, 0.1) is 12.8 Å². The fourth-order valence-corrected chi connectivity index (χ4v) is 7.46. The van der Waals surface area contributed by atoms with Gasteiger partial charge in [0.15, 0.2) is 6.61 Å². The number of piperidine rings is 1. The Morgan fingerprint density at radius 2 is 1.97 bits per heavy atom. The number of carbonyl (C=O) groups is 2. The predicted molar refractivity (Wildman–Crippen MR) is 128 cm³/mol. The highest BCUT2D eigenvalue weighted by Gasteiger charge is 2.28. The summed E-state index contributed by atoms with van der Waals surface area (Å²) < 4.78 is 32.9. The first-order valence-electron chi connectivity index (χ1n) is 11.4. The van der Waals surface area contributed by atoms with E-state index in [1.165, 1.54) is 15.2 Å². The molecule has 2 heterocycles. The molecule has 1 atom stereocenters. The summed E-state index contributed by atoms with van der Waals surface area (Å²) in [5.41, 5.74) is 2.59. The monoisotopic (exact) mass is 490 g/mol. The van der Waals surface area contributed by atoms with Gasteiger partial charge in [0.1, 0.15) is 0 Å². The number of benzene rings is 1. The molecule has 0 spiro atoms. The van der Waals surface area contributed by atoms with Crippen LogP contribution in [0.4, 0.5) is 5.69 Å².